The summed E-state index contributed by atoms with van der Waals surface area (Å²) < 4.78 is 11.5. The predicted molar refractivity (Wildman–Crippen MR) is 81.5 cm³/mol. The molecule has 112 valence electrons. The van der Waals surface area contributed by atoms with Crippen molar-refractivity contribution in [1.82, 2.24) is 4.90 Å². The van der Waals surface area contributed by atoms with Gasteiger partial charge in [0.1, 0.15) is 17.6 Å². The topological polar surface area (TPSA) is 47.7 Å². The fourth-order valence-electron chi connectivity index (χ4n) is 3.03. The van der Waals surface area contributed by atoms with Crippen molar-refractivity contribution in [2.45, 2.75) is 39.3 Å². The summed E-state index contributed by atoms with van der Waals surface area (Å²) >= 11 is 0. The zero-order valence-electron chi connectivity index (χ0n) is 13.0. The minimum absolute atomic E-state index is 0.171. The molecule has 1 aliphatic rings. The van der Waals surface area contributed by atoms with Crippen LogP contribution in [0.25, 0.3) is 0 Å². The number of hydrogen-bond donors (Lipinski definition) is 1. The van der Waals surface area contributed by atoms with Crippen LogP contribution in [0.3, 0.4) is 0 Å². The van der Waals surface area contributed by atoms with Crippen LogP contribution in [0.1, 0.15) is 37.9 Å². The Bertz CT molecular complexity index is 458. The van der Waals surface area contributed by atoms with Gasteiger partial charge in [0.25, 0.3) is 0 Å². The van der Waals surface area contributed by atoms with Crippen LogP contribution in [-0.2, 0) is 6.42 Å². The molecule has 4 nitrogen and oxygen atoms in total. The number of rotatable bonds is 6. The molecular weight excluding hydrogens is 252 g/mol. The number of nitrogens with two attached hydrogens (primary N) is 1. The highest BCUT2D eigenvalue weighted by molar-refractivity contribution is 5.50. The summed E-state index contributed by atoms with van der Waals surface area (Å²) in [6.45, 7) is 8.92. The van der Waals surface area contributed by atoms with Crippen molar-refractivity contribution in [3.05, 3.63) is 23.3 Å². The summed E-state index contributed by atoms with van der Waals surface area (Å²) in [6.07, 6.45) is 1.19. The quantitative estimate of drug-likeness (QED) is 0.868. The molecule has 0 fully saturated rings. The van der Waals surface area contributed by atoms with Gasteiger partial charge in [-0.05, 0) is 32.1 Å². The van der Waals surface area contributed by atoms with E-state index in [1.54, 1.807) is 7.11 Å². The van der Waals surface area contributed by atoms with Crippen LogP contribution in [0, 0.1) is 0 Å². The molecule has 0 saturated heterocycles. The standard InChI is InChI=1S/C16H26N2O2/c1-5-18(6-2)14(10-17)13-9-15-12(7-11(3)20-15)8-16(13)19-4/h8-9,11,14H,5-7,10,17H2,1-4H3. The van der Waals surface area contributed by atoms with Crippen molar-refractivity contribution in [1.29, 1.82) is 0 Å². The largest absolute Gasteiger partial charge is 0.496 e. The molecule has 20 heavy (non-hydrogen) atoms. The Hall–Kier alpha value is -1.26. The highest BCUT2D eigenvalue weighted by Gasteiger charge is 2.26. The number of hydrogen-bond acceptors (Lipinski definition) is 4. The van der Waals surface area contributed by atoms with Crippen LogP contribution in [-0.4, -0.2) is 37.7 Å². The van der Waals surface area contributed by atoms with Gasteiger partial charge in [0, 0.05) is 24.1 Å². The molecule has 2 atom stereocenters. The molecule has 0 amide bonds. The first kappa shape index (κ1) is 15.1. The van der Waals surface area contributed by atoms with Crippen molar-refractivity contribution in [2.75, 3.05) is 26.7 Å². The average molecular weight is 278 g/mol. The first-order valence-corrected chi connectivity index (χ1v) is 7.46. The van der Waals surface area contributed by atoms with Gasteiger partial charge in [-0.1, -0.05) is 13.8 Å². The molecule has 1 aliphatic heterocycles. The lowest BCUT2D eigenvalue weighted by molar-refractivity contribution is 0.217. The summed E-state index contributed by atoms with van der Waals surface area (Å²) in [7, 11) is 1.72. The van der Waals surface area contributed by atoms with E-state index in [4.69, 9.17) is 15.2 Å². The number of ether oxygens (including phenoxy) is 2. The van der Waals surface area contributed by atoms with E-state index in [0.29, 0.717) is 6.54 Å². The van der Waals surface area contributed by atoms with E-state index in [0.717, 1.165) is 36.6 Å². The molecule has 1 aromatic rings. The SMILES string of the molecule is CCN(CC)C(CN)c1cc2c(cc1OC)CC(C)O2. The number of nitrogens with zero attached hydrogens (tertiary/aromatic N) is 1. The van der Waals surface area contributed by atoms with E-state index in [2.05, 4.69) is 37.8 Å². The van der Waals surface area contributed by atoms with Crippen molar-refractivity contribution >= 4 is 0 Å². The Morgan fingerprint density at radius 1 is 1.40 bits per heavy atom. The molecule has 1 aromatic carbocycles. The minimum Gasteiger partial charge on any atom is -0.496 e. The summed E-state index contributed by atoms with van der Waals surface area (Å²) in [5.41, 5.74) is 8.38. The van der Waals surface area contributed by atoms with E-state index in [-0.39, 0.29) is 12.1 Å². The Kier molecular flexibility index (Phi) is 4.89. The molecule has 2 unspecified atom stereocenters. The number of likely N-dealkylation sites (N-methyl/N-ethyl adjacent to an activating group) is 1. The molecule has 0 radical (unpaired) electrons. The van der Waals surface area contributed by atoms with Crippen LogP contribution in [0.15, 0.2) is 12.1 Å². The van der Waals surface area contributed by atoms with Gasteiger partial charge in [0.2, 0.25) is 0 Å². The van der Waals surface area contributed by atoms with E-state index < -0.39 is 0 Å². The van der Waals surface area contributed by atoms with Crippen molar-refractivity contribution in [3.63, 3.8) is 0 Å². The van der Waals surface area contributed by atoms with Crippen LogP contribution in [0.2, 0.25) is 0 Å². The predicted octanol–water partition coefficient (Wildman–Crippen LogP) is 2.36. The maximum Gasteiger partial charge on any atom is 0.124 e. The Morgan fingerprint density at radius 2 is 2.10 bits per heavy atom. The van der Waals surface area contributed by atoms with Crippen LogP contribution in [0.5, 0.6) is 11.5 Å². The highest BCUT2D eigenvalue weighted by Crippen LogP contribution is 2.38. The fraction of sp³-hybridized carbons (Fsp3) is 0.625. The van der Waals surface area contributed by atoms with Gasteiger partial charge in [-0.25, -0.2) is 0 Å². The van der Waals surface area contributed by atoms with E-state index in [1.165, 1.54) is 5.56 Å². The number of fused-ring (bicyclic) bond motifs is 1. The monoisotopic (exact) mass is 278 g/mol. The lowest BCUT2D eigenvalue weighted by atomic mass is 10.00. The van der Waals surface area contributed by atoms with Crippen molar-refractivity contribution < 1.29 is 9.47 Å². The fourth-order valence-corrected chi connectivity index (χ4v) is 3.03. The molecular formula is C16H26N2O2. The summed E-state index contributed by atoms with van der Waals surface area (Å²) in [5.74, 6) is 1.91. The van der Waals surface area contributed by atoms with Gasteiger partial charge < -0.3 is 15.2 Å². The van der Waals surface area contributed by atoms with Crippen LogP contribution >= 0.6 is 0 Å². The highest BCUT2D eigenvalue weighted by atomic mass is 16.5. The number of methoxy groups -OCH3 is 1. The first-order chi connectivity index (χ1) is 9.64. The van der Waals surface area contributed by atoms with Crippen molar-refractivity contribution in [3.8, 4) is 11.5 Å². The van der Waals surface area contributed by atoms with Crippen LogP contribution < -0.4 is 15.2 Å². The zero-order chi connectivity index (χ0) is 14.7. The molecule has 0 saturated carbocycles. The van der Waals surface area contributed by atoms with Crippen LogP contribution in [0.4, 0.5) is 0 Å². The van der Waals surface area contributed by atoms with Gasteiger partial charge in [-0.2, -0.15) is 0 Å². The third-order valence-corrected chi connectivity index (χ3v) is 4.08. The minimum atomic E-state index is 0.171. The molecule has 0 spiro atoms. The Balaban J connectivity index is 2.41. The second kappa shape index (κ2) is 6.46. The van der Waals surface area contributed by atoms with Crippen molar-refractivity contribution in [2.24, 2.45) is 5.73 Å². The number of benzene rings is 1. The average Bonchev–Trinajstić information content (AvgIpc) is 2.82. The Labute approximate surface area is 121 Å². The summed E-state index contributed by atoms with van der Waals surface area (Å²) in [5, 5.41) is 0. The first-order valence-electron chi connectivity index (χ1n) is 7.46. The van der Waals surface area contributed by atoms with Gasteiger partial charge >= 0.3 is 0 Å². The van der Waals surface area contributed by atoms with Gasteiger partial charge in [-0.3, -0.25) is 4.90 Å². The third-order valence-electron chi connectivity index (χ3n) is 4.08. The second-order valence-corrected chi connectivity index (χ2v) is 5.31. The summed E-state index contributed by atoms with van der Waals surface area (Å²) in [4.78, 5) is 2.35. The molecule has 0 bridgehead atoms. The molecule has 2 N–H and O–H groups in total. The Morgan fingerprint density at radius 3 is 2.65 bits per heavy atom. The maximum atomic E-state index is 6.01. The summed E-state index contributed by atoms with van der Waals surface area (Å²) in [6, 6.07) is 4.40. The normalized spacial score (nSPS) is 18.8. The molecule has 2 rings (SSSR count). The van der Waals surface area contributed by atoms with E-state index in [9.17, 15) is 0 Å². The molecule has 0 aromatic heterocycles. The van der Waals surface area contributed by atoms with Gasteiger partial charge in [0.15, 0.2) is 0 Å². The lowest BCUT2D eigenvalue weighted by Crippen LogP contribution is -2.33. The van der Waals surface area contributed by atoms with E-state index >= 15 is 0 Å². The van der Waals surface area contributed by atoms with E-state index in [1.807, 2.05) is 0 Å². The third kappa shape index (κ3) is 2.76. The second-order valence-electron chi connectivity index (χ2n) is 5.31. The lowest BCUT2D eigenvalue weighted by Gasteiger charge is -2.30. The smallest absolute Gasteiger partial charge is 0.124 e. The maximum absolute atomic E-state index is 6.01. The van der Waals surface area contributed by atoms with Gasteiger partial charge in [-0.15, -0.1) is 0 Å². The molecule has 4 heteroatoms. The van der Waals surface area contributed by atoms with Gasteiger partial charge in [0.05, 0.1) is 13.2 Å². The molecule has 1 heterocycles. The molecule has 0 aliphatic carbocycles. The zero-order valence-corrected chi connectivity index (χ0v) is 13.0.